The second-order valence-corrected chi connectivity index (χ2v) is 7.29. The van der Waals surface area contributed by atoms with E-state index < -0.39 is 0 Å². The molecule has 4 aromatic rings. The summed E-state index contributed by atoms with van der Waals surface area (Å²) in [6.45, 7) is 4.43. The van der Waals surface area contributed by atoms with E-state index >= 15 is 0 Å². The van der Waals surface area contributed by atoms with E-state index in [1.54, 1.807) is 24.4 Å². The van der Waals surface area contributed by atoms with E-state index in [0.29, 0.717) is 29.1 Å². The topological polar surface area (TPSA) is 75.1 Å². The Bertz CT molecular complexity index is 1180. The molecular formula is C22H22FN5O. The van der Waals surface area contributed by atoms with Gasteiger partial charge in [0.2, 0.25) is 0 Å². The molecule has 4 rings (SSSR count). The molecule has 0 aliphatic heterocycles. The van der Waals surface area contributed by atoms with Gasteiger partial charge in [0.1, 0.15) is 5.82 Å². The third kappa shape index (κ3) is 3.95. The van der Waals surface area contributed by atoms with Gasteiger partial charge in [0, 0.05) is 30.4 Å². The van der Waals surface area contributed by atoms with Gasteiger partial charge in [-0.3, -0.25) is 14.9 Å². The van der Waals surface area contributed by atoms with Crippen LogP contribution in [-0.4, -0.2) is 19.6 Å². The Kier molecular flexibility index (Phi) is 5.22. The van der Waals surface area contributed by atoms with Gasteiger partial charge in [0.05, 0.1) is 23.1 Å². The van der Waals surface area contributed by atoms with Crippen LogP contribution in [0.4, 0.5) is 4.39 Å². The Morgan fingerprint density at radius 2 is 1.93 bits per heavy atom. The highest BCUT2D eigenvalue weighted by atomic mass is 19.1. The summed E-state index contributed by atoms with van der Waals surface area (Å²) in [7, 11) is 0. The summed E-state index contributed by atoms with van der Waals surface area (Å²) in [4.78, 5) is 21.7. The summed E-state index contributed by atoms with van der Waals surface area (Å²) in [5, 5.41) is 6.40. The Morgan fingerprint density at radius 3 is 2.66 bits per heavy atom. The predicted octanol–water partition coefficient (Wildman–Crippen LogP) is 3.71. The van der Waals surface area contributed by atoms with Crippen LogP contribution in [-0.2, 0) is 6.54 Å². The van der Waals surface area contributed by atoms with Crippen molar-refractivity contribution in [3.63, 3.8) is 0 Å². The fourth-order valence-electron chi connectivity index (χ4n) is 3.37. The van der Waals surface area contributed by atoms with Crippen LogP contribution in [0.15, 0.2) is 65.6 Å². The van der Waals surface area contributed by atoms with Gasteiger partial charge in [-0.2, -0.15) is 0 Å². The molecule has 1 aromatic carbocycles. The number of fused-ring (bicyclic) bond motifs is 1. The second-order valence-electron chi connectivity index (χ2n) is 7.29. The number of aromatic amines is 1. The largest absolute Gasteiger partial charge is 0.304 e. The van der Waals surface area contributed by atoms with Crippen LogP contribution in [0.3, 0.4) is 0 Å². The van der Waals surface area contributed by atoms with Gasteiger partial charge in [-0.05, 0) is 24.1 Å². The lowest BCUT2D eigenvalue weighted by Crippen LogP contribution is -2.29. The minimum atomic E-state index is -0.253. The van der Waals surface area contributed by atoms with E-state index in [9.17, 15) is 9.18 Å². The lowest BCUT2D eigenvalue weighted by molar-refractivity contribution is 0.398. The van der Waals surface area contributed by atoms with Crippen molar-refractivity contribution in [3.05, 3.63) is 88.2 Å². The van der Waals surface area contributed by atoms with Crippen LogP contribution < -0.4 is 10.9 Å². The molecule has 0 fully saturated rings. The van der Waals surface area contributed by atoms with E-state index in [4.69, 9.17) is 0 Å². The Labute approximate surface area is 167 Å². The predicted molar refractivity (Wildman–Crippen MR) is 110 cm³/mol. The maximum Gasteiger partial charge on any atom is 0.272 e. The van der Waals surface area contributed by atoms with Crippen LogP contribution >= 0.6 is 0 Å². The van der Waals surface area contributed by atoms with E-state index in [0.717, 1.165) is 5.69 Å². The zero-order valence-corrected chi connectivity index (χ0v) is 16.3. The maximum atomic E-state index is 14.0. The first-order valence-corrected chi connectivity index (χ1v) is 9.54. The van der Waals surface area contributed by atoms with Gasteiger partial charge in [-0.15, -0.1) is 0 Å². The lowest BCUT2D eigenvalue weighted by atomic mass is 10.00. The first-order chi connectivity index (χ1) is 14.0. The highest BCUT2D eigenvalue weighted by Crippen LogP contribution is 2.22. The maximum absolute atomic E-state index is 14.0. The summed E-state index contributed by atoms with van der Waals surface area (Å²) >= 11 is 0. The van der Waals surface area contributed by atoms with Crippen LogP contribution in [0.2, 0.25) is 0 Å². The van der Waals surface area contributed by atoms with Crippen LogP contribution in [0.1, 0.15) is 31.1 Å². The van der Waals surface area contributed by atoms with Crippen molar-refractivity contribution < 1.29 is 4.39 Å². The number of aromatic nitrogens is 4. The smallest absolute Gasteiger partial charge is 0.272 e. The average molecular weight is 391 g/mol. The van der Waals surface area contributed by atoms with Gasteiger partial charge in [0.25, 0.3) is 5.56 Å². The summed E-state index contributed by atoms with van der Waals surface area (Å²) in [6, 6.07) is 15.4. The van der Waals surface area contributed by atoms with Gasteiger partial charge < -0.3 is 5.32 Å². The number of hydrogen-bond acceptors (Lipinski definition) is 4. The molecule has 3 heterocycles. The highest BCUT2D eigenvalue weighted by molar-refractivity contribution is 5.60. The normalized spacial score (nSPS) is 12.6. The van der Waals surface area contributed by atoms with Crippen molar-refractivity contribution >= 4 is 5.65 Å². The van der Waals surface area contributed by atoms with E-state index in [1.165, 1.54) is 16.6 Å². The van der Waals surface area contributed by atoms with Gasteiger partial charge in [-0.25, -0.2) is 13.9 Å². The highest BCUT2D eigenvalue weighted by Gasteiger charge is 2.20. The summed E-state index contributed by atoms with van der Waals surface area (Å²) in [6.07, 6.45) is 1.70. The first kappa shape index (κ1) is 19.0. The molecule has 0 aliphatic carbocycles. The zero-order valence-electron chi connectivity index (χ0n) is 16.3. The molecule has 148 valence electrons. The van der Waals surface area contributed by atoms with Crippen LogP contribution in [0, 0.1) is 11.7 Å². The first-order valence-electron chi connectivity index (χ1n) is 9.54. The van der Waals surface area contributed by atoms with E-state index in [2.05, 4.69) is 20.4 Å². The lowest BCUT2D eigenvalue weighted by Gasteiger charge is -2.22. The average Bonchev–Trinajstić information content (AvgIpc) is 3.15. The molecule has 6 nitrogen and oxygen atoms in total. The fourth-order valence-corrected chi connectivity index (χ4v) is 3.37. The van der Waals surface area contributed by atoms with Crippen molar-refractivity contribution in [2.24, 2.45) is 5.92 Å². The molecule has 0 bridgehead atoms. The number of nitrogens with one attached hydrogen (secondary N) is 2. The molecule has 3 aromatic heterocycles. The van der Waals surface area contributed by atoms with Crippen molar-refractivity contribution in [2.75, 3.05) is 0 Å². The van der Waals surface area contributed by atoms with Crippen molar-refractivity contribution in [3.8, 4) is 11.4 Å². The molecule has 2 N–H and O–H groups in total. The molecule has 0 radical (unpaired) electrons. The van der Waals surface area contributed by atoms with Crippen molar-refractivity contribution in [2.45, 2.75) is 26.4 Å². The number of nitrogens with zero attached hydrogens (tertiary/aromatic N) is 3. The molecule has 1 atom stereocenters. The molecular weight excluding hydrogens is 369 g/mol. The Morgan fingerprint density at radius 1 is 1.14 bits per heavy atom. The van der Waals surface area contributed by atoms with Crippen molar-refractivity contribution in [1.82, 2.24) is 24.9 Å². The monoisotopic (exact) mass is 391 g/mol. The number of rotatable bonds is 6. The fraction of sp³-hybridized carbons (Fsp3) is 0.227. The minimum Gasteiger partial charge on any atom is -0.304 e. The molecule has 7 heteroatoms. The molecule has 29 heavy (non-hydrogen) atoms. The third-order valence-electron chi connectivity index (χ3n) is 4.87. The van der Waals surface area contributed by atoms with E-state index in [-0.39, 0.29) is 23.3 Å². The number of H-pyrrole nitrogens is 1. The minimum absolute atomic E-state index is 0.158. The van der Waals surface area contributed by atoms with E-state index in [1.807, 2.05) is 38.1 Å². The Hall–Kier alpha value is -3.32. The molecule has 0 aliphatic rings. The summed E-state index contributed by atoms with van der Waals surface area (Å²) in [5.41, 5.74) is 2.98. The van der Waals surface area contributed by atoms with Gasteiger partial charge in [-0.1, -0.05) is 38.1 Å². The molecule has 0 unspecified atom stereocenters. The number of benzene rings is 1. The molecule has 0 spiro atoms. The number of hydrogen-bond donors (Lipinski definition) is 2. The third-order valence-corrected chi connectivity index (χ3v) is 4.87. The quantitative estimate of drug-likeness (QED) is 0.525. The molecule has 0 amide bonds. The van der Waals surface area contributed by atoms with Gasteiger partial charge in [0.15, 0.2) is 5.65 Å². The standard InChI is InChI=1S/C22H22FN5O/c1-14(2)22(25-13-15-7-3-4-8-16(15)23)19-12-21(29)28-20(26-19)11-18(27-28)17-9-5-6-10-24-17/h3-12,14,22,25,27H,13H2,1-2H3/t22-/m1/s1. The molecule has 0 saturated heterocycles. The Balaban J connectivity index is 1.67. The summed E-state index contributed by atoms with van der Waals surface area (Å²) < 4.78 is 15.4. The second kappa shape index (κ2) is 7.97. The zero-order chi connectivity index (χ0) is 20.4. The van der Waals surface area contributed by atoms with Crippen LogP contribution in [0.25, 0.3) is 17.0 Å². The number of halogens is 1. The number of pyridine rings is 1. The van der Waals surface area contributed by atoms with Gasteiger partial charge >= 0.3 is 0 Å². The summed E-state index contributed by atoms with van der Waals surface area (Å²) in [5.74, 6) is -0.0954. The van der Waals surface area contributed by atoms with Crippen LogP contribution in [0.5, 0.6) is 0 Å². The van der Waals surface area contributed by atoms with Crippen molar-refractivity contribution in [1.29, 1.82) is 0 Å². The SMILES string of the molecule is CC(C)[C@@H](NCc1ccccc1F)c1cc(=O)n2[nH]c(-c3ccccn3)cc2n1. The molecule has 0 saturated carbocycles.